The third-order valence-electron chi connectivity index (χ3n) is 4.08. The standard InChI is InChI=1S/C18H29N3O2/c1-5-12(21-17(22)23-18(2,3)4)11-20-16-10-15(19)13-8-6-7-9-14(13)16/h6-9,12,15-16,20H,5,10-11,19H2,1-4H3,(H,21,22). The first kappa shape index (κ1) is 17.8. The second-order valence-corrected chi connectivity index (χ2v) is 7.18. The maximum absolute atomic E-state index is 11.9. The summed E-state index contributed by atoms with van der Waals surface area (Å²) in [5.74, 6) is 0. The quantitative estimate of drug-likeness (QED) is 0.780. The predicted octanol–water partition coefficient (Wildman–Crippen LogP) is 3.02. The highest BCUT2D eigenvalue weighted by atomic mass is 16.6. The van der Waals surface area contributed by atoms with Crippen LogP contribution in [0.5, 0.6) is 0 Å². The van der Waals surface area contributed by atoms with Gasteiger partial charge in [-0.05, 0) is 44.7 Å². The average Bonchev–Trinajstić information content (AvgIpc) is 2.79. The van der Waals surface area contributed by atoms with Crippen molar-refractivity contribution in [2.24, 2.45) is 5.73 Å². The number of ether oxygens (including phenoxy) is 1. The Morgan fingerprint density at radius 2 is 2.00 bits per heavy atom. The van der Waals surface area contributed by atoms with Crippen molar-refractivity contribution in [3.63, 3.8) is 0 Å². The van der Waals surface area contributed by atoms with E-state index in [1.165, 1.54) is 11.1 Å². The Morgan fingerprint density at radius 1 is 1.35 bits per heavy atom. The molecule has 0 fully saturated rings. The van der Waals surface area contributed by atoms with Gasteiger partial charge in [0.1, 0.15) is 5.60 Å². The zero-order valence-corrected chi connectivity index (χ0v) is 14.6. The molecule has 4 N–H and O–H groups in total. The molecular weight excluding hydrogens is 290 g/mol. The van der Waals surface area contributed by atoms with Crippen LogP contribution in [0.4, 0.5) is 4.79 Å². The van der Waals surface area contributed by atoms with E-state index in [-0.39, 0.29) is 24.2 Å². The molecule has 1 aromatic carbocycles. The van der Waals surface area contributed by atoms with Crippen LogP contribution < -0.4 is 16.4 Å². The number of rotatable bonds is 5. The van der Waals surface area contributed by atoms with Crippen LogP contribution in [0.2, 0.25) is 0 Å². The molecule has 1 amide bonds. The number of hydrogen-bond acceptors (Lipinski definition) is 4. The van der Waals surface area contributed by atoms with Crippen LogP contribution in [0.3, 0.4) is 0 Å². The molecule has 1 aliphatic rings. The van der Waals surface area contributed by atoms with Gasteiger partial charge < -0.3 is 21.1 Å². The number of nitrogens with one attached hydrogen (secondary N) is 2. The fraction of sp³-hybridized carbons (Fsp3) is 0.611. The molecule has 0 bridgehead atoms. The van der Waals surface area contributed by atoms with Crippen LogP contribution in [0.15, 0.2) is 24.3 Å². The van der Waals surface area contributed by atoms with Gasteiger partial charge in [-0.3, -0.25) is 0 Å². The lowest BCUT2D eigenvalue weighted by atomic mass is 10.1. The maximum atomic E-state index is 11.9. The molecular formula is C18H29N3O2. The molecule has 128 valence electrons. The van der Waals surface area contributed by atoms with Crippen molar-refractivity contribution in [1.82, 2.24) is 10.6 Å². The Morgan fingerprint density at radius 3 is 2.61 bits per heavy atom. The van der Waals surface area contributed by atoms with Crippen molar-refractivity contribution in [2.45, 2.75) is 64.3 Å². The molecule has 0 saturated heterocycles. The number of benzene rings is 1. The molecule has 1 aliphatic carbocycles. The summed E-state index contributed by atoms with van der Waals surface area (Å²) in [6, 6.07) is 8.66. The van der Waals surface area contributed by atoms with Crippen LogP contribution in [0.25, 0.3) is 0 Å². The summed E-state index contributed by atoms with van der Waals surface area (Å²) < 4.78 is 5.32. The lowest BCUT2D eigenvalue weighted by molar-refractivity contribution is 0.0502. The highest BCUT2D eigenvalue weighted by Crippen LogP contribution is 2.36. The van der Waals surface area contributed by atoms with Gasteiger partial charge in [-0.1, -0.05) is 31.2 Å². The number of amides is 1. The van der Waals surface area contributed by atoms with E-state index in [1.54, 1.807) is 0 Å². The molecule has 23 heavy (non-hydrogen) atoms. The van der Waals surface area contributed by atoms with Gasteiger partial charge in [0.15, 0.2) is 0 Å². The van der Waals surface area contributed by atoms with Crippen molar-refractivity contribution in [1.29, 1.82) is 0 Å². The summed E-state index contributed by atoms with van der Waals surface area (Å²) in [7, 11) is 0. The van der Waals surface area contributed by atoms with E-state index < -0.39 is 5.60 Å². The van der Waals surface area contributed by atoms with Crippen LogP contribution in [0.1, 0.15) is 63.7 Å². The highest BCUT2D eigenvalue weighted by molar-refractivity contribution is 5.68. The third-order valence-corrected chi connectivity index (χ3v) is 4.08. The Hall–Kier alpha value is -1.59. The molecule has 0 aliphatic heterocycles. The average molecular weight is 319 g/mol. The SMILES string of the molecule is CCC(CNC1CC(N)c2ccccc21)NC(=O)OC(C)(C)C. The van der Waals surface area contributed by atoms with Crippen molar-refractivity contribution in [3.8, 4) is 0 Å². The molecule has 0 aromatic heterocycles. The van der Waals surface area contributed by atoms with Crippen LogP contribution in [0, 0.1) is 0 Å². The Bertz CT molecular complexity index is 539. The topological polar surface area (TPSA) is 76.4 Å². The summed E-state index contributed by atoms with van der Waals surface area (Å²) >= 11 is 0. The van der Waals surface area contributed by atoms with E-state index >= 15 is 0 Å². The predicted molar refractivity (Wildman–Crippen MR) is 92.2 cm³/mol. The molecule has 0 saturated carbocycles. The zero-order valence-electron chi connectivity index (χ0n) is 14.6. The van der Waals surface area contributed by atoms with Gasteiger partial charge >= 0.3 is 6.09 Å². The number of alkyl carbamates (subject to hydrolysis) is 1. The molecule has 5 nitrogen and oxygen atoms in total. The molecule has 3 unspecified atom stereocenters. The third kappa shape index (κ3) is 4.94. The minimum Gasteiger partial charge on any atom is -0.444 e. The van der Waals surface area contributed by atoms with Gasteiger partial charge in [0.05, 0.1) is 0 Å². The molecule has 0 spiro atoms. The second kappa shape index (κ2) is 7.32. The summed E-state index contributed by atoms with van der Waals surface area (Å²) in [5, 5.41) is 6.46. The molecule has 0 radical (unpaired) electrons. The largest absolute Gasteiger partial charge is 0.444 e. The Labute approximate surface area is 139 Å². The number of fused-ring (bicyclic) bond motifs is 1. The lowest BCUT2D eigenvalue weighted by Crippen LogP contribution is -2.44. The number of nitrogens with two attached hydrogens (primary N) is 1. The van der Waals surface area contributed by atoms with E-state index in [4.69, 9.17) is 10.5 Å². The first-order chi connectivity index (χ1) is 10.8. The normalized spacial score (nSPS) is 21.6. The lowest BCUT2D eigenvalue weighted by Gasteiger charge is -2.24. The molecule has 2 rings (SSSR count). The van der Waals surface area contributed by atoms with Crippen LogP contribution in [-0.4, -0.2) is 24.3 Å². The van der Waals surface area contributed by atoms with E-state index in [1.807, 2.05) is 32.9 Å². The van der Waals surface area contributed by atoms with E-state index in [9.17, 15) is 4.79 Å². The minimum absolute atomic E-state index is 0.0360. The minimum atomic E-state index is -0.479. The summed E-state index contributed by atoms with van der Waals surface area (Å²) in [6.07, 6.45) is 1.36. The van der Waals surface area contributed by atoms with E-state index in [2.05, 4.69) is 29.7 Å². The van der Waals surface area contributed by atoms with Crippen LogP contribution >= 0.6 is 0 Å². The smallest absolute Gasteiger partial charge is 0.407 e. The Balaban J connectivity index is 1.88. The monoisotopic (exact) mass is 319 g/mol. The zero-order chi connectivity index (χ0) is 17.0. The number of carbonyl (C=O) groups excluding carboxylic acids is 1. The highest BCUT2D eigenvalue weighted by Gasteiger charge is 2.28. The van der Waals surface area contributed by atoms with E-state index in [0.717, 1.165) is 12.8 Å². The molecule has 3 atom stereocenters. The first-order valence-corrected chi connectivity index (χ1v) is 8.37. The van der Waals surface area contributed by atoms with Crippen molar-refractivity contribution >= 4 is 6.09 Å². The maximum Gasteiger partial charge on any atom is 0.407 e. The van der Waals surface area contributed by atoms with Crippen LogP contribution in [-0.2, 0) is 4.74 Å². The number of hydrogen-bond donors (Lipinski definition) is 3. The summed E-state index contributed by atoms with van der Waals surface area (Å²) in [6.45, 7) is 8.34. The molecule has 1 aromatic rings. The fourth-order valence-electron chi connectivity index (χ4n) is 2.92. The van der Waals surface area contributed by atoms with Gasteiger partial charge in [-0.15, -0.1) is 0 Å². The fourth-order valence-corrected chi connectivity index (χ4v) is 2.92. The van der Waals surface area contributed by atoms with Crippen molar-refractivity contribution in [3.05, 3.63) is 35.4 Å². The molecule has 0 heterocycles. The van der Waals surface area contributed by atoms with Gasteiger partial charge in [0.25, 0.3) is 0 Å². The van der Waals surface area contributed by atoms with Gasteiger partial charge in [0.2, 0.25) is 0 Å². The van der Waals surface area contributed by atoms with E-state index in [0.29, 0.717) is 6.54 Å². The van der Waals surface area contributed by atoms with Crippen molar-refractivity contribution < 1.29 is 9.53 Å². The second-order valence-electron chi connectivity index (χ2n) is 7.18. The first-order valence-electron chi connectivity index (χ1n) is 8.37. The van der Waals surface area contributed by atoms with Gasteiger partial charge in [-0.25, -0.2) is 4.79 Å². The molecule has 5 heteroatoms. The number of carbonyl (C=O) groups is 1. The van der Waals surface area contributed by atoms with Gasteiger partial charge in [-0.2, -0.15) is 0 Å². The summed E-state index contributed by atoms with van der Waals surface area (Å²) in [4.78, 5) is 11.9. The summed E-state index contributed by atoms with van der Waals surface area (Å²) in [5.41, 5.74) is 8.21. The van der Waals surface area contributed by atoms with Gasteiger partial charge in [0, 0.05) is 24.7 Å². The Kier molecular flexibility index (Phi) is 5.65. The van der Waals surface area contributed by atoms with Crippen molar-refractivity contribution in [2.75, 3.05) is 6.54 Å².